The fourth-order valence-corrected chi connectivity index (χ4v) is 3.03. The lowest BCUT2D eigenvalue weighted by Gasteiger charge is -2.14. The lowest BCUT2D eigenvalue weighted by atomic mass is 9.95. The molecule has 0 spiro atoms. The summed E-state index contributed by atoms with van der Waals surface area (Å²) in [5.41, 5.74) is 12.9. The minimum absolute atomic E-state index is 0.113. The highest BCUT2D eigenvalue weighted by Gasteiger charge is 2.11. The van der Waals surface area contributed by atoms with E-state index >= 15 is 0 Å². The predicted molar refractivity (Wildman–Crippen MR) is 75.6 cm³/mol. The van der Waals surface area contributed by atoms with Crippen molar-refractivity contribution in [1.82, 2.24) is 0 Å². The van der Waals surface area contributed by atoms with E-state index in [0.717, 1.165) is 6.42 Å². The Morgan fingerprint density at radius 2 is 1.88 bits per heavy atom. The third kappa shape index (κ3) is 2.76. The van der Waals surface area contributed by atoms with Gasteiger partial charge in [0, 0.05) is 6.04 Å². The molecule has 2 N–H and O–H groups in total. The summed E-state index contributed by atoms with van der Waals surface area (Å²) >= 11 is 1.73. The average molecular weight is 245 g/mol. The molecule has 17 heavy (non-hydrogen) atoms. The zero-order chi connectivity index (χ0) is 12.4. The Morgan fingerprint density at radius 1 is 1.12 bits per heavy atom. The fourth-order valence-electron chi connectivity index (χ4n) is 2.12. The van der Waals surface area contributed by atoms with E-state index < -0.39 is 0 Å². The first-order valence-electron chi connectivity index (χ1n) is 5.92. The van der Waals surface area contributed by atoms with Gasteiger partial charge in [-0.05, 0) is 60.2 Å². The maximum Gasteiger partial charge on any atom is 0.0346 e. The Hall–Kier alpha value is -1.12. The first kappa shape index (κ1) is 12.3. The van der Waals surface area contributed by atoms with Crippen molar-refractivity contribution in [2.24, 2.45) is 5.73 Å². The summed E-state index contributed by atoms with van der Waals surface area (Å²) in [7, 11) is 0. The molecule has 90 valence electrons. The molecule has 0 fully saturated rings. The van der Waals surface area contributed by atoms with Crippen LogP contribution in [0.2, 0.25) is 0 Å². The highest BCUT2D eigenvalue weighted by Crippen LogP contribution is 2.24. The molecule has 0 aliphatic heterocycles. The van der Waals surface area contributed by atoms with Gasteiger partial charge in [0.05, 0.1) is 0 Å². The zero-order valence-corrected chi connectivity index (χ0v) is 11.5. The normalized spacial score (nSPS) is 12.7. The van der Waals surface area contributed by atoms with Crippen molar-refractivity contribution < 1.29 is 0 Å². The van der Waals surface area contributed by atoms with E-state index in [9.17, 15) is 0 Å². The smallest absolute Gasteiger partial charge is 0.0346 e. The Morgan fingerprint density at radius 3 is 2.53 bits per heavy atom. The monoisotopic (exact) mass is 245 g/mol. The van der Waals surface area contributed by atoms with Crippen molar-refractivity contribution in [3.63, 3.8) is 0 Å². The molecule has 2 heteroatoms. The van der Waals surface area contributed by atoms with Crippen LogP contribution in [0.4, 0.5) is 0 Å². The van der Waals surface area contributed by atoms with Crippen LogP contribution in [0.3, 0.4) is 0 Å². The second-order valence-electron chi connectivity index (χ2n) is 4.75. The van der Waals surface area contributed by atoms with Crippen molar-refractivity contribution in [3.05, 3.63) is 56.8 Å². The second-order valence-corrected chi connectivity index (χ2v) is 5.49. The van der Waals surface area contributed by atoms with Gasteiger partial charge in [-0.25, -0.2) is 0 Å². The highest BCUT2D eigenvalue weighted by molar-refractivity contribution is 7.08. The molecule has 0 aliphatic rings. The minimum Gasteiger partial charge on any atom is -0.324 e. The topological polar surface area (TPSA) is 26.0 Å². The van der Waals surface area contributed by atoms with E-state index in [4.69, 9.17) is 5.73 Å². The number of aryl methyl sites for hydroxylation is 3. The molecular formula is C15H19NS. The molecule has 1 atom stereocenters. The van der Waals surface area contributed by atoms with Gasteiger partial charge in [-0.3, -0.25) is 0 Å². The maximum atomic E-state index is 6.30. The van der Waals surface area contributed by atoms with E-state index in [2.05, 4.69) is 49.7 Å². The SMILES string of the molecule is Cc1ccc(C)c(CC(N)c2cscc2C)c1. The van der Waals surface area contributed by atoms with E-state index in [-0.39, 0.29) is 6.04 Å². The Kier molecular flexibility index (Phi) is 3.65. The van der Waals surface area contributed by atoms with Crippen LogP contribution in [0.5, 0.6) is 0 Å². The Labute approximate surface area is 107 Å². The maximum absolute atomic E-state index is 6.30. The molecule has 2 rings (SSSR count). The van der Waals surface area contributed by atoms with Crippen molar-refractivity contribution >= 4 is 11.3 Å². The van der Waals surface area contributed by atoms with E-state index in [1.165, 1.54) is 27.8 Å². The van der Waals surface area contributed by atoms with Gasteiger partial charge in [0.15, 0.2) is 0 Å². The largest absolute Gasteiger partial charge is 0.324 e. The molecule has 0 bridgehead atoms. The molecule has 1 aromatic carbocycles. The summed E-state index contributed by atoms with van der Waals surface area (Å²) in [5, 5.41) is 4.34. The van der Waals surface area contributed by atoms with Gasteiger partial charge in [-0.2, -0.15) is 11.3 Å². The third-order valence-corrected chi connectivity index (χ3v) is 4.12. The van der Waals surface area contributed by atoms with Gasteiger partial charge >= 0.3 is 0 Å². The van der Waals surface area contributed by atoms with Crippen LogP contribution >= 0.6 is 11.3 Å². The van der Waals surface area contributed by atoms with Gasteiger partial charge in [0.1, 0.15) is 0 Å². The lowest BCUT2D eigenvalue weighted by molar-refractivity contribution is 0.716. The summed E-state index contributed by atoms with van der Waals surface area (Å²) in [6, 6.07) is 6.69. The molecule has 0 radical (unpaired) electrons. The van der Waals surface area contributed by atoms with Crippen LogP contribution in [-0.2, 0) is 6.42 Å². The molecule has 0 amide bonds. The van der Waals surface area contributed by atoms with Crippen molar-refractivity contribution in [1.29, 1.82) is 0 Å². The molecule has 0 saturated heterocycles. The number of hydrogen-bond donors (Lipinski definition) is 1. The van der Waals surface area contributed by atoms with Crippen molar-refractivity contribution in [2.45, 2.75) is 33.2 Å². The van der Waals surface area contributed by atoms with Gasteiger partial charge in [0.25, 0.3) is 0 Å². The molecule has 0 aliphatic carbocycles. The van der Waals surface area contributed by atoms with Crippen LogP contribution in [0.25, 0.3) is 0 Å². The molecule has 1 unspecified atom stereocenters. The Bertz CT molecular complexity index is 513. The third-order valence-electron chi connectivity index (χ3n) is 3.24. The molecule has 1 nitrogen and oxygen atoms in total. The van der Waals surface area contributed by atoms with Crippen LogP contribution in [-0.4, -0.2) is 0 Å². The molecular weight excluding hydrogens is 226 g/mol. The van der Waals surface area contributed by atoms with Crippen LogP contribution in [0.1, 0.15) is 33.9 Å². The van der Waals surface area contributed by atoms with Gasteiger partial charge in [-0.15, -0.1) is 0 Å². The van der Waals surface area contributed by atoms with E-state index in [1.54, 1.807) is 11.3 Å². The molecule has 1 aromatic heterocycles. The fraction of sp³-hybridized carbons (Fsp3) is 0.333. The first-order chi connectivity index (χ1) is 8.08. The van der Waals surface area contributed by atoms with Crippen molar-refractivity contribution in [3.8, 4) is 0 Å². The van der Waals surface area contributed by atoms with Gasteiger partial charge in [0.2, 0.25) is 0 Å². The number of benzene rings is 1. The summed E-state index contributed by atoms with van der Waals surface area (Å²) < 4.78 is 0. The van der Waals surface area contributed by atoms with Gasteiger partial charge < -0.3 is 5.73 Å². The summed E-state index contributed by atoms with van der Waals surface area (Å²) in [4.78, 5) is 0. The Balaban J connectivity index is 2.21. The number of thiophene rings is 1. The lowest BCUT2D eigenvalue weighted by Crippen LogP contribution is -2.14. The van der Waals surface area contributed by atoms with Crippen molar-refractivity contribution in [2.75, 3.05) is 0 Å². The summed E-state index contributed by atoms with van der Waals surface area (Å²) in [6.45, 7) is 6.42. The van der Waals surface area contributed by atoms with E-state index in [0.29, 0.717) is 0 Å². The average Bonchev–Trinajstić information content (AvgIpc) is 2.70. The summed E-state index contributed by atoms with van der Waals surface area (Å²) in [6.07, 6.45) is 0.922. The first-order valence-corrected chi connectivity index (χ1v) is 6.86. The quantitative estimate of drug-likeness (QED) is 0.871. The molecule has 0 saturated carbocycles. The highest BCUT2D eigenvalue weighted by atomic mass is 32.1. The number of rotatable bonds is 3. The number of nitrogens with two attached hydrogens (primary N) is 1. The zero-order valence-electron chi connectivity index (χ0n) is 10.7. The summed E-state index contributed by atoms with van der Waals surface area (Å²) in [5.74, 6) is 0. The number of hydrogen-bond acceptors (Lipinski definition) is 2. The molecule has 1 heterocycles. The standard InChI is InChI=1S/C15H19NS/c1-10-4-5-11(2)13(6-10)7-15(16)14-9-17-8-12(14)3/h4-6,8-9,15H,7,16H2,1-3H3. The van der Waals surface area contributed by atoms with E-state index in [1.807, 2.05) is 0 Å². The minimum atomic E-state index is 0.113. The van der Waals surface area contributed by atoms with Crippen LogP contribution in [0.15, 0.2) is 29.0 Å². The molecule has 2 aromatic rings. The van der Waals surface area contributed by atoms with Crippen LogP contribution < -0.4 is 5.73 Å². The van der Waals surface area contributed by atoms with Crippen LogP contribution in [0, 0.1) is 20.8 Å². The van der Waals surface area contributed by atoms with Gasteiger partial charge in [-0.1, -0.05) is 23.8 Å². The predicted octanol–water partition coefficient (Wildman–Crippen LogP) is 3.92. The second kappa shape index (κ2) is 5.03.